The van der Waals surface area contributed by atoms with Crippen LogP contribution in [-0.2, 0) is 15.7 Å². The summed E-state index contributed by atoms with van der Waals surface area (Å²) in [7, 11) is 0. The Morgan fingerprint density at radius 1 is 0.925 bits per heavy atom. The van der Waals surface area contributed by atoms with E-state index in [1.54, 1.807) is 10.6 Å². The number of alkyl halides is 3. The van der Waals surface area contributed by atoms with Crippen molar-refractivity contribution in [2.24, 2.45) is 5.92 Å². The Bertz CT molecular complexity index is 1490. The van der Waals surface area contributed by atoms with Crippen molar-refractivity contribution < 1.29 is 27.5 Å². The van der Waals surface area contributed by atoms with Crippen LogP contribution in [0.25, 0.3) is 16.8 Å². The van der Waals surface area contributed by atoms with Crippen LogP contribution in [0.4, 0.5) is 18.9 Å². The van der Waals surface area contributed by atoms with Gasteiger partial charge in [-0.2, -0.15) is 13.2 Å². The number of pyridine rings is 1. The van der Waals surface area contributed by atoms with Gasteiger partial charge in [-0.15, -0.1) is 0 Å². The minimum absolute atomic E-state index is 0.0999. The molecule has 2 heterocycles. The Morgan fingerprint density at radius 3 is 2.25 bits per heavy atom. The predicted molar refractivity (Wildman–Crippen MR) is 146 cm³/mol. The number of anilines is 1. The second kappa shape index (κ2) is 11.5. The number of aromatic nitrogens is 2. The lowest BCUT2D eigenvalue weighted by molar-refractivity contribution is -0.144. The lowest BCUT2D eigenvalue weighted by Crippen LogP contribution is -2.17. The molecule has 0 saturated heterocycles. The van der Waals surface area contributed by atoms with Crippen LogP contribution in [0.3, 0.4) is 0 Å². The van der Waals surface area contributed by atoms with Gasteiger partial charge in [-0.05, 0) is 97.5 Å². The van der Waals surface area contributed by atoms with Crippen molar-refractivity contribution in [2.45, 2.75) is 51.1 Å². The molecule has 1 fully saturated rings. The lowest BCUT2D eigenvalue weighted by atomic mass is 9.77. The van der Waals surface area contributed by atoms with E-state index in [1.807, 2.05) is 25.3 Å². The van der Waals surface area contributed by atoms with Gasteiger partial charge in [0.25, 0.3) is 5.91 Å². The van der Waals surface area contributed by atoms with Gasteiger partial charge in [0, 0.05) is 24.5 Å². The molecule has 6 nitrogen and oxygen atoms in total. The highest BCUT2D eigenvalue weighted by atomic mass is 19.4. The summed E-state index contributed by atoms with van der Waals surface area (Å²) in [5.41, 5.74) is 3.50. The summed E-state index contributed by atoms with van der Waals surface area (Å²) >= 11 is 0. The smallest absolute Gasteiger partial charge is 0.416 e. The number of fused-ring (bicyclic) bond motifs is 1. The van der Waals surface area contributed by atoms with Crippen LogP contribution in [0.1, 0.15) is 66.6 Å². The largest absolute Gasteiger partial charge is 0.466 e. The maximum atomic E-state index is 12.8. The van der Waals surface area contributed by atoms with Gasteiger partial charge >= 0.3 is 12.1 Å². The molecule has 2 aromatic heterocycles. The van der Waals surface area contributed by atoms with E-state index >= 15 is 0 Å². The molecule has 0 unspecified atom stereocenters. The molecule has 0 aliphatic heterocycles. The topological polar surface area (TPSA) is 72.7 Å². The molecule has 1 aliphatic rings. The molecule has 9 heteroatoms. The first-order valence-electron chi connectivity index (χ1n) is 13.4. The summed E-state index contributed by atoms with van der Waals surface area (Å²) in [6.07, 6.45) is 3.73. The van der Waals surface area contributed by atoms with Gasteiger partial charge < -0.3 is 14.5 Å². The number of ether oxygens (including phenoxy) is 1. The molecule has 1 N–H and O–H groups in total. The number of carbonyl (C=O) groups excluding carboxylic acids is 2. The van der Waals surface area contributed by atoms with Crippen molar-refractivity contribution in [2.75, 3.05) is 11.9 Å². The standard InChI is InChI=1S/C31H30F3N3O3/c1-2-40-29(38)17-20-3-5-21(6-4-20)22-7-9-23(10-8-22)24-11-16-28-36-27(19-37(28)18-24)30(39)35-26-14-12-25(13-15-26)31(32,33)34/h7-16,18-21H,2-6,17H2,1H3,(H,35,39)/t20-,21-. The highest BCUT2D eigenvalue weighted by Crippen LogP contribution is 2.38. The third-order valence-corrected chi connectivity index (χ3v) is 7.48. The summed E-state index contributed by atoms with van der Waals surface area (Å²) in [6, 6.07) is 16.5. The molecule has 1 aliphatic carbocycles. The number of esters is 1. The number of benzene rings is 2. The van der Waals surface area contributed by atoms with Crippen LogP contribution in [0.5, 0.6) is 0 Å². The second-order valence-corrected chi connectivity index (χ2v) is 10.2. The lowest BCUT2D eigenvalue weighted by Gasteiger charge is -2.28. The molecule has 0 spiro atoms. The average Bonchev–Trinajstić information content (AvgIpc) is 3.37. The quantitative estimate of drug-likeness (QED) is 0.242. The van der Waals surface area contributed by atoms with Crippen molar-refractivity contribution in [1.29, 1.82) is 0 Å². The SMILES string of the molecule is CCOC(=O)C[C@H]1CC[C@H](c2ccc(-c3ccc4nc(C(=O)Nc5ccc(C(F)(F)F)cc5)cn4c3)cc2)CC1. The van der Waals surface area contributed by atoms with Crippen molar-refractivity contribution in [3.8, 4) is 11.1 Å². The van der Waals surface area contributed by atoms with Crippen molar-refractivity contribution in [3.63, 3.8) is 0 Å². The number of carbonyl (C=O) groups is 2. The van der Waals surface area contributed by atoms with E-state index in [4.69, 9.17) is 4.74 Å². The minimum atomic E-state index is -4.44. The van der Waals surface area contributed by atoms with Crippen molar-refractivity contribution >= 4 is 23.2 Å². The first-order valence-corrected chi connectivity index (χ1v) is 13.4. The molecule has 2 aromatic carbocycles. The Kier molecular flexibility index (Phi) is 7.91. The fourth-order valence-electron chi connectivity index (χ4n) is 5.31. The first-order chi connectivity index (χ1) is 19.2. The Labute approximate surface area is 230 Å². The molecule has 4 aromatic rings. The van der Waals surface area contributed by atoms with Crippen molar-refractivity contribution in [1.82, 2.24) is 9.38 Å². The van der Waals surface area contributed by atoms with Gasteiger partial charge in [0.05, 0.1) is 12.2 Å². The van der Waals surface area contributed by atoms with Crippen LogP contribution < -0.4 is 5.32 Å². The molecular formula is C31H30F3N3O3. The van der Waals surface area contributed by atoms with Gasteiger partial charge in [-0.3, -0.25) is 9.59 Å². The van der Waals surface area contributed by atoms with Crippen LogP contribution in [0.2, 0.25) is 0 Å². The minimum Gasteiger partial charge on any atom is -0.466 e. The summed E-state index contributed by atoms with van der Waals surface area (Å²) in [6.45, 7) is 2.26. The number of rotatable bonds is 7. The van der Waals surface area contributed by atoms with Crippen LogP contribution >= 0.6 is 0 Å². The molecule has 40 heavy (non-hydrogen) atoms. The molecular weight excluding hydrogens is 519 g/mol. The Morgan fingerprint density at radius 2 is 1.60 bits per heavy atom. The van der Waals surface area contributed by atoms with E-state index < -0.39 is 17.6 Å². The van der Waals surface area contributed by atoms with E-state index in [0.29, 0.717) is 30.5 Å². The predicted octanol–water partition coefficient (Wildman–Crippen LogP) is 7.50. The van der Waals surface area contributed by atoms with Gasteiger partial charge in [0.2, 0.25) is 0 Å². The molecule has 1 saturated carbocycles. The summed E-state index contributed by atoms with van der Waals surface area (Å²) in [4.78, 5) is 28.8. The third-order valence-electron chi connectivity index (χ3n) is 7.48. The molecule has 1 amide bonds. The van der Waals surface area contributed by atoms with Crippen LogP contribution in [0.15, 0.2) is 73.1 Å². The monoisotopic (exact) mass is 549 g/mol. The number of nitrogens with one attached hydrogen (secondary N) is 1. The molecule has 5 rings (SSSR count). The second-order valence-electron chi connectivity index (χ2n) is 10.2. The third kappa shape index (κ3) is 6.35. The van der Waals surface area contributed by atoms with Crippen molar-refractivity contribution in [3.05, 3.63) is 89.9 Å². The van der Waals surface area contributed by atoms with E-state index in [0.717, 1.165) is 48.9 Å². The van der Waals surface area contributed by atoms with Gasteiger partial charge in [-0.25, -0.2) is 4.98 Å². The van der Waals surface area contributed by atoms with Crippen LogP contribution in [0, 0.1) is 5.92 Å². The number of hydrogen-bond acceptors (Lipinski definition) is 4. The fourth-order valence-corrected chi connectivity index (χ4v) is 5.31. The summed E-state index contributed by atoms with van der Waals surface area (Å²) in [5, 5.41) is 2.59. The molecule has 0 bridgehead atoms. The van der Waals surface area contributed by atoms with Gasteiger partial charge in [-0.1, -0.05) is 24.3 Å². The zero-order valence-electron chi connectivity index (χ0n) is 22.1. The number of hydrogen-bond donors (Lipinski definition) is 1. The highest BCUT2D eigenvalue weighted by molar-refractivity contribution is 6.03. The fraction of sp³-hybridized carbons (Fsp3) is 0.323. The maximum absolute atomic E-state index is 12.8. The normalized spacial score (nSPS) is 17.5. The molecule has 208 valence electrons. The van der Waals surface area contributed by atoms with Crippen LogP contribution in [-0.4, -0.2) is 27.9 Å². The molecule has 0 radical (unpaired) electrons. The maximum Gasteiger partial charge on any atom is 0.416 e. The zero-order chi connectivity index (χ0) is 28.3. The number of nitrogens with zero attached hydrogens (tertiary/aromatic N) is 2. The van der Waals surface area contributed by atoms with Gasteiger partial charge in [0.1, 0.15) is 11.3 Å². The van der Waals surface area contributed by atoms with Gasteiger partial charge in [0.15, 0.2) is 0 Å². The summed E-state index contributed by atoms with van der Waals surface area (Å²) < 4.78 is 45.2. The first kappa shape index (κ1) is 27.4. The van der Waals surface area contributed by atoms with E-state index in [9.17, 15) is 22.8 Å². The van der Waals surface area contributed by atoms with E-state index in [1.165, 1.54) is 17.7 Å². The number of imidazole rings is 1. The zero-order valence-corrected chi connectivity index (χ0v) is 22.1. The Hall–Kier alpha value is -4.14. The highest BCUT2D eigenvalue weighted by Gasteiger charge is 2.30. The Balaban J connectivity index is 1.22. The average molecular weight is 550 g/mol. The van der Waals surface area contributed by atoms with E-state index in [-0.39, 0.29) is 17.4 Å². The number of halogens is 3. The number of amides is 1. The summed E-state index contributed by atoms with van der Waals surface area (Å²) in [5.74, 6) is 0.274. The molecule has 0 atom stereocenters. The van der Waals surface area contributed by atoms with E-state index in [2.05, 4.69) is 34.6 Å².